The third-order valence-electron chi connectivity index (χ3n) is 5.47. The minimum atomic E-state index is -0.598. The van der Waals surface area contributed by atoms with Gasteiger partial charge in [-0.15, -0.1) is 0 Å². The van der Waals surface area contributed by atoms with E-state index in [1.54, 1.807) is 24.3 Å². The van der Waals surface area contributed by atoms with Crippen molar-refractivity contribution in [2.24, 2.45) is 0 Å². The molecule has 0 fully saturated rings. The number of amides is 2. The van der Waals surface area contributed by atoms with Crippen LogP contribution in [0.4, 0.5) is 15.8 Å². The van der Waals surface area contributed by atoms with Gasteiger partial charge in [0, 0.05) is 16.8 Å². The van der Waals surface area contributed by atoms with E-state index in [0.29, 0.717) is 28.4 Å². The molecule has 162 valence electrons. The lowest BCUT2D eigenvalue weighted by atomic mass is 9.87. The van der Waals surface area contributed by atoms with Crippen molar-refractivity contribution in [3.8, 4) is 11.5 Å². The molecule has 0 atom stereocenters. The molecule has 2 N–H and O–H groups in total. The molecule has 2 amide bonds. The second kappa shape index (κ2) is 8.59. The van der Waals surface area contributed by atoms with Crippen LogP contribution in [-0.4, -0.2) is 11.8 Å². The molecule has 4 aromatic carbocycles. The molecule has 33 heavy (non-hydrogen) atoms. The second-order valence-corrected chi connectivity index (χ2v) is 7.61. The number of benzene rings is 4. The molecule has 0 saturated heterocycles. The topological polar surface area (TPSA) is 67.4 Å². The first-order valence-corrected chi connectivity index (χ1v) is 10.4. The Kier molecular flexibility index (Phi) is 5.32. The summed E-state index contributed by atoms with van der Waals surface area (Å²) in [6.45, 7) is 0. The largest absolute Gasteiger partial charge is 0.457 e. The van der Waals surface area contributed by atoms with Gasteiger partial charge in [0.15, 0.2) is 0 Å². The van der Waals surface area contributed by atoms with Crippen molar-refractivity contribution in [1.29, 1.82) is 0 Å². The molecule has 4 aromatic rings. The van der Waals surface area contributed by atoms with Gasteiger partial charge < -0.3 is 15.4 Å². The zero-order valence-electron chi connectivity index (χ0n) is 17.4. The second-order valence-electron chi connectivity index (χ2n) is 7.61. The molecule has 0 spiro atoms. The maximum Gasteiger partial charge on any atom is 0.257 e. The van der Waals surface area contributed by atoms with Crippen LogP contribution in [0.15, 0.2) is 97.1 Å². The highest BCUT2D eigenvalue weighted by molar-refractivity contribution is 6.11. The molecule has 0 bridgehead atoms. The van der Waals surface area contributed by atoms with E-state index in [4.69, 9.17) is 4.74 Å². The standard InChI is InChI=1S/C27H19FN2O3/c28-17-13-15-18(16-14-17)29-26(31)19-7-1-4-10-22(19)30-27(32)25-20-8-2-5-11-23(20)33-24-12-6-3-9-21(24)25/h1-16,25H,(H,29,31)(H,30,32). The zero-order valence-corrected chi connectivity index (χ0v) is 17.4. The van der Waals surface area contributed by atoms with Gasteiger partial charge in [-0.1, -0.05) is 48.5 Å². The minimum Gasteiger partial charge on any atom is -0.457 e. The molecule has 0 saturated carbocycles. The highest BCUT2D eigenvalue weighted by Gasteiger charge is 2.32. The lowest BCUT2D eigenvalue weighted by Crippen LogP contribution is -2.26. The van der Waals surface area contributed by atoms with Gasteiger partial charge >= 0.3 is 0 Å². The summed E-state index contributed by atoms with van der Waals surface area (Å²) in [6, 6.07) is 27.1. The van der Waals surface area contributed by atoms with Gasteiger partial charge in [-0.05, 0) is 48.5 Å². The van der Waals surface area contributed by atoms with Gasteiger partial charge in [0.05, 0.1) is 17.2 Å². The van der Waals surface area contributed by atoms with Crippen molar-refractivity contribution in [3.05, 3.63) is 120 Å². The Morgan fingerprint density at radius 1 is 0.697 bits per heavy atom. The molecule has 0 unspecified atom stereocenters. The Morgan fingerprint density at radius 2 is 1.27 bits per heavy atom. The summed E-state index contributed by atoms with van der Waals surface area (Å²) < 4.78 is 19.1. The molecule has 5 rings (SSSR count). The number of rotatable bonds is 4. The minimum absolute atomic E-state index is 0.278. The summed E-state index contributed by atoms with van der Waals surface area (Å²) in [5.41, 5.74) is 2.63. The van der Waals surface area contributed by atoms with Crippen LogP contribution < -0.4 is 15.4 Å². The fourth-order valence-electron chi connectivity index (χ4n) is 3.92. The molecule has 6 heteroatoms. The van der Waals surface area contributed by atoms with Gasteiger partial charge in [-0.2, -0.15) is 0 Å². The average Bonchev–Trinajstić information content (AvgIpc) is 2.84. The number of carbonyl (C=O) groups excluding carboxylic acids is 2. The Morgan fingerprint density at radius 3 is 1.94 bits per heavy atom. The third-order valence-corrected chi connectivity index (χ3v) is 5.47. The van der Waals surface area contributed by atoms with E-state index in [1.165, 1.54) is 24.3 Å². The van der Waals surface area contributed by atoms with Gasteiger partial charge in [0.1, 0.15) is 17.3 Å². The summed E-state index contributed by atoms with van der Waals surface area (Å²) in [5, 5.41) is 5.66. The van der Waals surface area contributed by atoms with Crippen molar-refractivity contribution in [2.75, 3.05) is 10.6 Å². The Balaban J connectivity index is 1.45. The zero-order chi connectivity index (χ0) is 22.8. The van der Waals surface area contributed by atoms with Crippen LogP contribution in [-0.2, 0) is 4.79 Å². The summed E-state index contributed by atoms with van der Waals surface area (Å²) >= 11 is 0. The predicted octanol–water partition coefficient (Wildman–Crippen LogP) is 5.95. The lowest BCUT2D eigenvalue weighted by molar-refractivity contribution is -0.116. The van der Waals surface area contributed by atoms with Crippen LogP contribution in [0.25, 0.3) is 0 Å². The fraction of sp³-hybridized carbons (Fsp3) is 0.0370. The smallest absolute Gasteiger partial charge is 0.257 e. The normalized spacial score (nSPS) is 12.2. The maximum absolute atomic E-state index is 13.5. The number of nitrogens with one attached hydrogen (secondary N) is 2. The number of carbonyl (C=O) groups is 2. The van der Waals surface area contributed by atoms with Gasteiger partial charge in [-0.25, -0.2) is 4.39 Å². The van der Waals surface area contributed by atoms with Crippen LogP contribution in [0.3, 0.4) is 0 Å². The van der Waals surface area contributed by atoms with Crippen molar-refractivity contribution < 1.29 is 18.7 Å². The van der Waals surface area contributed by atoms with Crippen molar-refractivity contribution in [2.45, 2.75) is 5.92 Å². The molecule has 1 aliphatic rings. The van der Waals surface area contributed by atoms with Gasteiger partial charge in [0.2, 0.25) is 5.91 Å². The Bertz CT molecular complexity index is 1310. The van der Waals surface area contributed by atoms with E-state index < -0.39 is 17.6 Å². The number of halogens is 1. The van der Waals surface area contributed by atoms with E-state index in [2.05, 4.69) is 10.6 Å². The molecular formula is C27H19FN2O3. The summed E-state index contributed by atoms with van der Waals surface area (Å²) in [6.07, 6.45) is 0. The number of para-hydroxylation sites is 3. The maximum atomic E-state index is 13.5. The number of hydrogen-bond donors (Lipinski definition) is 2. The summed E-state index contributed by atoms with van der Waals surface area (Å²) in [4.78, 5) is 26.4. The van der Waals surface area contributed by atoms with Gasteiger partial charge in [0.25, 0.3) is 5.91 Å². The highest BCUT2D eigenvalue weighted by Crippen LogP contribution is 2.44. The van der Waals surface area contributed by atoms with Gasteiger partial charge in [-0.3, -0.25) is 9.59 Å². The molecular weight excluding hydrogens is 419 g/mol. The monoisotopic (exact) mass is 438 g/mol. The van der Waals surface area contributed by atoms with Crippen LogP contribution in [0.1, 0.15) is 27.4 Å². The Hall–Kier alpha value is -4.45. The van der Waals surface area contributed by atoms with Crippen LogP contribution >= 0.6 is 0 Å². The van der Waals surface area contributed by atoms with Crippen LogP contribution in [0.5, 0.6) is 11.5 Å². The quantitative estimate of drug-likeness (QED) is 0.413. The summed E-state index contributed by atoms with van der Waals surface area (Å²) in [5.74, 6) is -0.431. The predicted molar refractivity (Wildman–Crippen MR) is 124 cm³/mol. The molecule has 0 radical (unpaired) electrons. The van der Waals surface area contributed by atoms with E-state index in [-0.39, 0.29) is 5.91 Å². The van der Waals surface area contributed by atoms with E-state index in [9.17, 15) is 14.0 Å². The van der Waals surface area contributed by atoms with Crippen LogP contribution in [0, 0.1) is 5.82 Å². The number of ether oxygens (including phenoxy) is 1. The van der Waals surface area contributed by atoms with E-state index in [1.807, 2.05) is 48.5 Å². The number of anilines is 2. The first kappa shape index (κ1) is 20.5. The molecule has 1 aliphatic heterocycles. The first-order valence-electron chi connectivity index (χ1n) is 10.4. The van der Waals surface area contributed by atoms with Crippen molar-refractivity contribution in [1.82, 2.24) is 0 Å². The average molecular weight is 438 g/mol. The molecule has 0 aromatic heterocycles. The fourth-order valence-corrected chi connectivity index (χ4v) is 3.92. The molecule has 1 heterocycles. The highest BCUT2D eigenvalue weighted by atomic mass is 19.1. The van der Waals surface area contributed by atoms with Crippen LogP contribution in [0.2, 0.25) is 0 Å². The lowest BCUT2D eigenvalue weighted by Gasteiger charge is -2.27. The third kappa shape index (κ3) is 4.06. The number of hydrogen-bond acceptors (Lipinski definition) is 3. The Labute approximate surface area is 189 Å². The SMILES string of the molecule is O=C(Nc1ccc(F)cc1)c1ccccc1NC(=O)C1c2ccccc2Oc2ccccc21. The van der Waals surface area contributed by atoms with Crippen molar-refractivity contribution >= 4 is 23.2 Å². The van der Waals surface area contributed by atoms with Crippen molar-refractivity contribution in [3.63, 3.8) is 0 Å². The number of fused-ring (bicyclic) bond motifs is 2. The first-order chi connectivity index (χ1) is 16.1. The van der Waals surface area contributed by atoms with E-state index in [0.717, 1.165) is 11.1 Å². The van der Waals surface area contributed by atoms with E-state index >= 15 is 0 Å². The summed E-state index contributed by atoms with van der Waals surface area (Å²) in [7, 11) is 0. The molecule has 0 aliphatic carbocycles. The molecule has 5 nitrogen and oxygen atoms in total.